The molecule has 0 aromatic rings. The van der Waals surface area contributed by atoms with Gasteiger partial charge in [0.25, 0.3) is 0 Å². The molecule has 1 atom stereocenters. The molecule has 3 nitrogen and oxygen atoms in total. The van der Waals surface area contributed by atoms with Gasteiger partial charge in [0, 0.05) is 0 Å². The van der Waals surface area contributed by atoms with Crippen molar-refractivity contribution in [2.24, 2.45) is 0 Å². The van der Waals surface area contributed by atoms with Crippen LogP contribution in [0.15, 0.2) is 0 Å². The Hall–Kier alpha value is -0.505. The SMILES string of the molecule is CC(C=O)N(C)CB=O. The second kappa shape index (κ2) is 4.38. The van der Waals surface area contributed by atoms with Crippen LogP contribution in [0, 0.1) is 0 Å². The first-order chi connectivity index (χ1) is 4.22. The number of nitrogens with zero attached hydrogens (tertiary/aromatic N) is 1. The quantitative estimate of drug-likeness (QED) is 0.377. The number of carbonyl (C=O) groups is 1. The van der Waals surface area contributed by atoms with Crippen molar-refractivity contribution < 1.29 is 9.50 Å². The molecular formula is C5H10BNO2. The van der Waals surface area contributed by atoms with Crippen molar-refractivity contribution in [3.8, 4) is 0 Å². The summed E-state index contributed by atoms with van der Waals surface area (Å²) in [6, 6.07) is -0.157. The molecule has 0 saturated carbocycles. The van der Waals surface area contributed by atoms with Gasteiger partial charge in [-0.15, -0.1) is 0 Å². The Balaban J connectivity index is 3.56. The third kappa shape index (κ3) is 3.14. The number of likely N-dealkylation sites (N-methyl/N-ethyl adjacent to an activating group) is 1. The van der Waals surface area contributed by atoms with Gasteiger partial charge in [0.2, 0.25) is 0 Å². The van der Waals surface area contributed by atoms with E-state index < -0.39 is 0 Å². The van der Waals surface area contributed by atoms with Crippen LogP contribution in [-0.4, -0.2) is 37.9 Å². The van der Waals surface area contributed by atoms with Crippen molar-refractivity contribution in [1.82, 2.24) is 4.90 Å². The number of carbonyl (C=O) groups excluding carboxylic acids is 1. The first kappa shape index (κ1) is 8.49. The molecule has 0 heterocycles. The standard InChI is InChI=1S/C5H10BNO2/c1-5(3-8)7(2)4-6-9/h3,5H,4H2,1-2H3. The Morgan fingerprint density at radius 3 is 2.67 bits per heavy atom. The van der Waals surface area contributed by atoms with Crippen molar-refractivity contribution >= 4 is 13.4 Å². The van der Waals surface area contributed by atoms with Crippen molar-refractivity contribution in [1.29, 1.82) is 0 Å². The maximum absolute atomic E-state index is 10.1. The van der Waals surface area contributed by atoms with Crippen molar-refractivity contribution in [3.05, 3.63) is 0 Å². The van der Waals surface area contributed by atoms with Crippen LogP contribution < -0.4 is 0 Å². The van der Waals surface area contributed by atoms with Gasteiger partial charge in [0.05, 0.1) is 0 Å². The maximum atomic E-state index is 10.1. The molecule has 0 aromatic heterocycles. The van der Waals surface area contributed by atoms with E-state index >= 15 is 0 Å². The van der Waals surface area contributed by atoms with Crippen LogP contribution in [-0.2, 0) is 9.50 Å². The monoisotopic (exact) mass is 127 g/mol. The summed E-state index contributed by atoms with van der Waals surface area (Å²) in [6.45, 7) is 1.75. The second-order valence-electron chi connectivity index (χ2n) is 1.98. The summed E-state index contributed by atoms with van der Waals surface area (Å²) < 4.78 is 9.88. The summed E-state index contributed by atoms with van der Waals surface area (Å²) in [6.07, 6.45) is 1.13. The average Bonchev–Trinajstić information content (AvgIpc) is 1.87. The van der Waals surface area contributed by atoms with Crippen LogP contribution in [0.1, 0.15) is 6.92 Å². The minimum absolute atomic E-state index is 0.157. The predicted molar refractivity (Wildman–Crippen MR) is 34.6 cm³/mol. The van der Waals surface area contributed by atoms with Gasteiger partial charge in [-0.25, -0.2) is 0 Å². The van der Waals surface area contributed by atoms with Gasteiger partial charge in [-0.2, -0.15) is 0 Å². The summed E-state index contributed by atoms with van der Waals surface area (Å²) in [5, 5.41) is 0. The molecular weight excluding hydrogens is 117 g/mol. The molecule has 0 spiro atoms. The van der Waals surface area contributed by atoms with Gasteiger partial charge in [0.15, 0.2) is 0 Å². The predicted octanol–water partition coefficient (Wildman–Crippen LogP) is -0.487. The van der Waals surface area contributed by atoms with E-state index in [1.165, 1.54) is 0 Å². The molecule has 0 amide bonds. The molecule has 4 heteroatoms. The Labute approximate surface area is 55.3 Å². The molecule has 0 bridgehead atoms. The summed E-state index contributed by atoms with van der Waals surface area (Å²) in [5.74, 6) is 0. The Morgan fingerprint density at radius 1 is 1.78 bits per heavy atom. The third-order valence-corrected chi connectivity index (χ3v) is 1.25. The van der Waals surface area contributed by atoms with Gasteiger partial charge in [0.1, 0.15) is 0 Å². The van der Waals surface area contributed by atoms with E-state index in [0.717, 1.165) is 13.4 Å². The van der Waals surface area contributed by atoms with Crippen LogP contribution >= 0.6 is 0 Å². The van der Waals surface area contributed by atoms with E-state index in [0.29, 0.717) is 6.44 Å². The first-order valence-electron chi connectivity index (χ1n) is 2.81. The third-order valence-electron chi connectivity index (χ3n) is 1.25. The number of hydrogen-bond donors (Lipinski definition) is 0. The van der Waals surface area contributed by atoms with Gasteiger partial charge in [-0.05, 0) is 0 Å². The molecule has 0 aliphatic carbocycles. The molecule has 0 aromatic carbocycles. The van der Waals surface area contributed by atoms with E-state index in [9.17, 15) is 9.50 Å². The van der Waals surface area contributed by atoms with Gasteiger partial charge in [-0.3, -0.25) is 0 Å². The molecule has 1 unspecified atom stereocenters. The van der Waals surface area contributed by atoms with Crippen LogP contribution in [0.2, 0.25) is 0 Å². The van der Waals surface area contributed by atoms with Crippen molar-refractivity contribution in [2.75, 3.05) is 13.5 Å². The fourth-order valence-electron chi connectivity index (χ4n) is 0.388. The van der Waals surface area contributed by atoms with Gasteiger partial charge >= 0.3 is 54.3 Å². The minimum atomic E-state index is -0.157. The van der Waals surface area contributed by atoms with E-state index in [4.69, 9.17) is 0 Å². The van der Waals surface area contributed by atoms with Crippen LogP contribution in [0.5, 0.6) is 0 Å². The first-order valence-corrected chi connectivity index (χ1v) is 2.81. The second-order valence-corrected chi connectivity index (χ2v) is 1.98. The summed E-state index contributed by atoms with van der Waals surface area (Å²) >= 11 is 0. The van der Waals surface area contributed by atoms with Crippen molar-refractivity contribution in [2.45, 2.75) is 13.0 Å². The van der Waals surface area contributed by atoms with E-state index in [-0.39, 0.29) is 6.04 Å². The van der Waals surface area contributed by atoms with Gasteiger partial charge < -0.3 is 0 Å². The van der Waals surface area contributed by atoms with Crippen LogP contribution in [0.4, 0.5) is 0 Å². The molecule has 0 aliphatic heterocycles. The summed E-state index contributed by atoms with van der Waals surface area (Å²) in [7, 11) is 2.51. The van der Waals surface area contributed by atoms with Gasteiger partial charge in [-0.1, -0.05) is 0 Å². The van der Waals surface area contributed by atoms with Crippen LogP contribution in [0.3, 0.4) is 0 Å². The molecule has 0 rings (SSSR count). The topological polar surface area (TPSA) is 37.4 Å². The Kier molecular flexibility index (Phi) is 4.14. The molecule has 9 heavy (non-hydrogen) atoms. The molecule has 0 fully saturated rings. The van der Waals surface area contributed by atoms with Crippen LogP contribution in [0.25, 0.3) is 0 Å². The zero-order chi connectivity index (χ0) is 7.28. The normalized spacial score (nSPS) is 12.8. The number of aldehydes is 1. The molecule has 0 saturated heterocycles. The Bertz CT molecular complexity index is 107. The zero-order valence-electron chi connectivity index (χ0n) is 5.70. The fourth-order valence-corrected chi connectivity index (χ4v) is 0.388. The average molecular weight is 127 g/mol. The number of rotatable bonds is 4. The Morgan fingerprint density at radius 2 is 2.33 bits per heavy atom. The van der Waals surface area contributed by atoms with E-state index in [1.807, 2.05) is 0 Å². The summed E-state index contributed by atoms with van der Waals surface area (Å²) in [5.41, 5.74) is 0. The molecule has 0 N–H and O–H groups in total. The molecule has 0 radical (unpaired) electrons. The molecule has 50 valence electrons. The zero-order valence-corrected chi connectivity index (χ0v) is 5.70. The summed E-state index contributed by atoms with van der Waals surface area (Å²) in [4.78, 5) is 11.7. The molecule has 0 aliphatic rings. The number of hydrogen-bond acceptors (Lipinski definition) is 3. The fraction of sp³-hybridized carbons (Fsp3) is 0.800. The van der Waals surface area contributed by atoms with Crippen molar-refractivity contribution in [3.63, 3.8) is 0 Å². The van der Waals surface area contributed by atoms with E-state index in [1.54, 1.807) is 18.9 Å². The van der Waals surface area contributed by atoms with E-state index in [2.05, 4.69) is 0 Å².